The molecule has 2 rings (SSSR count). The van der Waals surface area contributed by atoms with E-state index in [-0.39, 0.29) is 6.10 Å². The molecule has 0 unspecified atom stereocenters. The maximum Gasteiger partial charge on any atom is 0.126 e. The molecular weight excluding hydrogens is 136 g/mol. The number of benzene rings is 1. The normalized spacial score (nSPS) is 23.8. The van der Waals surface area contributed by atoms with Crippen molar-refractivity contribution >= 4 is 0 Å². The van der Waals surface area contributed by atoms with Crippen molar-refractivity contribution in [3.8, 4) is 0 Å². The van der Waals surface area contributed by atoms with Crippen LogP contribution in [0.1, 0.15) is 19.5 Å². The second kappa shape index (κ2) is 2.79. The van der Waals surface area contributed by atoms with Crippen molar-refractivity contribution in [2.75, 3.05) is 0 Å². The van der Waals surface area contributed by atoms with Crippen LogP contribution in [0.25, 0.3) is 0 Å². The zero-order valence-corrected chi connectivity index (χ0v) is 6.16. The van der Waals surface area contributed by atoms with Gasteiger partial charge in [0.2, 0.25) is 0 Å². The van der Waals surface area contributed by atoms with Gasteiger partial charge < -0.3 is 4.74 Å². The Labute approximate surface area is 67.7 Å². The molecule has 0 aliphatic carbocycles. The number of hydrogen-bond acceptors (Lipinski definition) is 1. The molecule has 0 amide bonds. The van der Waals surface area contributed by atoms with Crippen molar-refractivity contribution in [1.82, 2.24) is 0 Å². The Bertz CT molecular complexity index is 292. The summed E-state index contributed by atoms with van der Waals surface area (Å²) in [6.07, 6.45) is 2.99. The van der Waals surface area contributed by atoms with Gasteiger partial charge in [0, 0.05) is 6.42 Å². The van der Waals surface area contributed by atoms with Crippen molar-refractivity contribution in [3.63, 3.8) is 0 Å². The van der Waals surface area contributed by atoms with Crippen molar-refractivity contribution in [1.29, 1.82) is 0 Å². The summed E-state index contributed by atoms with van der Waals surface area (Å²) in [5.41, 5.74) is 1.15. The first-order valence-corrected chi connectivity index (χ1v) is 3.74. The van der Waals surface area contributed by atoms with E-state index in [9.17, 15) is 0 Å². The van der Waals surface area contributed by atoms with Crippen LogP contribution in [0, 0.1) is 0 Å². The molecule has 1 aliphatic heterocycles. The fourth-order valence-electron chi connectivity index (χ4n) is 1.21. The fourth-order valence-corrected chi connectivity index (χ4v) is 1.21. The summed E-state index contributed by atoms with van der Waals surface area (Å²) >= 11 is 0. The van der Waals surface area contributed by atoms with Gasteiger partial charge in [0.1, 0.15) is 7.47 Å². The first-order valence-electron chi connectivity index (χ1n) is 4.24. The molecular formula is C10H10O. The van der Waals surface area contributed by atoms with Crippen LogP contribution in [0.2, 0.25) is 0 Å². The molecule has 0 aromatic heterocycles. The van der Waals surface area contributed by atoms with E-state index in [1.165, 1.54) is 0 Å². The summed E-state index contributed by atoms with van der Waals surface area (Å²) in [6, 6.07) is 10.0. The molecule has 0 bridgehead atoms. The van der Waals surface area contributed by atoms with Gasteiger partial charge in [-0.1, -0.05) is 30.3 Å². The van der Waals surface area contributed by atoms with E-state index in [0.29, 0.717) is 6.24 Å². The van der Waals surface area contributed by atoms with Crippen LogP contribution in [-0.2, 0) is 4.74 Å². The first kappa shape index (κ1) is 5.42. The Morgan fingerprint density at radius 2 is 2.18 bits per heavy atom. The van der Waals surface area contributed by atoms with Crippen molar-refractivity contribution in [3.05, 3.63) is 48.2 Å². The van der Waals surface area contributed by atoms with Crippen LogP contribution in [0.5, 0.6) is 0 Å². The van der Waals surface area contributed by atoms with E-state index in [2.05, 4.69) is 0 Å². The smallest absolute Gasteiger partial charge is 0.126 e. The lowest BCUT2D eigenvalue weighted by atomic mass is 10.1. The molecule has 0 spiro atoms. The van der Waals surface area contributed by atoms with Gasteiger partial charge in [0.15, 0.2) is 0 Å². The van der Waals surface area contributed by atoms with Crippen LogP contribution in [0.3, 0.4) is 0 Å². The minimum Gasteiger partial charge on any atom is -0.493 e. The second-order valence-electron chi connectivity index (χ2n) is 2.57. The highest BCUT2D eigenvalue weighted by Gasteiger charge is 2.12. The molecule has 0 radical (unpaired) electrons. The van der Waals surface area contributed by atoms with E-state index < -0.39 is 0 Å². The highest BCUT2D eigenvalue weighted by molar-refractivity contribution is 5.19. The molecule has 1 aromatic rings. The molecule has 1 heteroatoms. The van der Waals surface area contributed by atoms with Gasteiger partial charge in [-0.05, 0) is 11.6 Å². The van der Waals surface area contributed by atoms with Gasteiger partial charge in [-0.2, -0.15) is 0 Å². The van der Waals surface area contributed by atoms with Gasteiger partial charge in [-0.3, -0.25) is 0 Å². The van der Waals surface area contributed by atoms with Crippen LogP contribution in [-0.4, -0.2) is 0 Å². The summed E-state index contributed by atoms with van der Waals surface area (Å²) < 4.78 is 12.5. The van der Waals surface area contributed by atoms with E-state index in [1.807, 2.05) is 30.3 Å². The number of ether oxygens (including phenoxy) is 1. The Hall–Kier alpha value is -1.24. The lowest BCUT2D eigenvalue weighted by Crippen LogP contribution is -1.93. The molecule has 56 valence electrons. The molecule has 0 fully saturated rings. The lowest BCUT2D eigenvalue weighted by Gasteiger charge is -2.09. The molecule has 1 aromatic carbocycles. The Balaban J connectivity index is 2.14. The average molecular weight is 147 g/mol. The molecule has 1 nitrogen and oxygen atoms in total. The zero-order valence-electron chi connectivity index (χ0n) is 7.16. The molecule has 1 heterocycles. The second-order valence-corrected chi connectivity index (χ2v) is 2.57. The predicted molar refractivity (Wildman–Crippen MR) is 44.0 cm³/mol. The van der Waals surface area contributed by atoms with Gasteiger partial charge in [-0.25, -0.2) is 0 Å². The summed E-state index contributed by atoms with van der Waals surface area (Å²) in [7, 11) is 0. The quantitative estimate of drug-likeness (QED) is 0.593. The van der Waals surface area contributed by atoms with Crippen LogP contribution < -0.4 is 0 Å². The third-order valence-electron chi connectivity index (χ3n) is 1.80. The molecule has 11 heavy (non-hydrogen) atoms. The maximum atomic E-state index is 7.25. The van der Waals surface area contributed by atoms with E-state index >= 15 is 0 Å². The van der Waals surface area contributed by atoms with E-state index in [4.69, 9.17) is 6.11 Å². The predicted octanol–water partition coefficient (Wildman–Crippen LogP) is 2.66. The Morgan fingerprint density at radius 3 is 2.82 bits per heavy atom. The Kier molecular flexibility index (Phi) is 1.37. The summed E-state index contributed by atoms with van der Waals surface area (Å²) in [5, 5.41) is 0. The van der Waals surface area contributed by atoms with Gasteiger partial charge in [0.25, 0.3) is 0 Å². The van der Waals surface area contributed by atoms with Crippen molar-refractivity contribution in [2.24, 2.45) is 0 Å². The number of hydrogen-bond donors (Lipinski definition) is 0. The molecule has 0 saturated carbocycles. The zero-order chi connectivity index (χ0) is 8.39. The van der Waals surface area contributed by atoms with Crippen LogP contribution in [0.4, 0.5) is 0 Å². The molecule has 1 atom stereocenters. The Morgan fingerprint density at radius 1 is 1.36 bits per heavy atom. The maximum absolute atomic E-state index is 7.25. The standard InChI is InChI=1S/C10H10O/c1-2-5-9(6-3-1)10-7-4-8-11-10/h1-6,8,10H,7H2/t10-/m1/s1/i8D. The third-order valence-corrected chi connectivity index (χ3v) is 1.80. The SMILES string of the molecule is [2H]C1=CC[C@H](c2ccccc2)O1. The van der Waals surface area contributed by atoms with Crippen molar-refractivity contribution < 1.29 is 6.11 Å². The summed E-state index contributed by atoms with van der Waals surface area (Å²) in [4.78, 5) is 0. The minimum absolute atomic E-state index is 0.0682. The minimum atomic E-state index is 0.0682. The van der Waals surface area contributed by atoms with Gasteiger partial charge in [0.05, 0.1) is 6.24 Å². The molecule has 0 N–H and O–H groups in total. The highest BCUT2D eigenvalue weighted by atomic mass is 16.5. The summed E-state index contributed by atoms with van der Waals surface area (Å²) in [6.45, 7) is 0. The first-order chi connectivity index (χ1) is 5.86. The fraction of sp³-hybridized carbons (Fsp3) is 0.200. The van der Waals surface area contributed by atoms with Crippen LogP contribution in [0.15, 0.2) is 42.6 Å². The molecule has 0 saturated heterocycles. The van der Waals surface area contributed by atoms with E-state index in [0.717, 1.165) is 12.0 Å². The lowest BCUT2D eigenvalue weighted by molar-refractivity contribution is 0.173. The monoisotopic (exact) mass is 147 g/mol. The number of rotatable bonds is 1. The van der Waals surface area contributed by atoms with Gasteiger partial charge in [-0.15, -0.1) is 0 Å². The van der Waals surface area contributed by atoms with Gasteiger partial charge >= 0.3 is 0 Å². The van der Waals surface area contributed by atoms with E-state index in [1.54, 1.807) is 6.08 Å². The molecule has 1 aliphatic rings. The highest BCUT2D eigenvalue weighted by Crippen LogP contribution is 2.25. The topological polar surface area (TPSA) is 9.23 Å². The average Bonchev–Trinajstić information content (AvgIpc) is 2.54. The third kappa shape index (κ3) is 1.27. The largest absolute Gasteiger partial charge is 0.493 e. The summed E-state index contributed by atoms with van der Waals surface area (Å²) in [5.74, 6) is 0. The van der Waals surface area contributed by atoms with Crippen LogP contribution >= 0.6 is 0 Å². The van der Waals surface area contributed by atoms with Crippen molar-refractivity contribution in [2.45, 2.75) is 12.5 Å².